The van der Waals surface area contributed by atoms with Gasteiger partial charge in [-0.25, -0.2) is 4.39 Å². The molecule has 1 N–H and O–H groups in total. The second kappa shape index (κ2) is 10.6. The summed E-state index contributed by atoms with van der Waals surface area (Å²) in [6, 6.07) is 12.1. The Morgan fingerprint density at radius 3 is 2.24 bits per heavy atom. The Morgan fingerprint density at radius 1 is 1.03 bits per heavy atom. The molecule has 0 atom stereocenters. The molecule has 0 unspecified atom stereocenters. The number of hydrogen-bond acceptors (Lipinski definition) is 3. The third kappa shape index (κ3) is 6.31. The molecule has 0 heterocycles. The number of rotatable bonds is 9. The number of carbonyl (C=O) groups is 2. The van der Waals surface area contributed by atoms with Crippen molar-refractivity contribution in [3.63, 3.8) is 0 Å². The zero-order chi connectivity index (χ0) is 21.4. The molecule has 0 saturated heterocycles. The fraction of sp³-hybridized carbons (Fsp3) is 0.391. The summed E-state index contributed by atoms with van der Waals surface area (Å²) in [6.45, 7) is 9.81. The standard InChI is InChI=1S/C23H30FN3O2/c1-5-26(6-2)21-11-12-22(17(3)15-21)27(18(4)28)16-23(29)25-14-13-19-7-9-20(24)10-8-19/h7-12,15H,5-6,13-14,16H2,1-4H3,(H,25,29). The Kier molecular flexibility index (Phi) is 8.19. The highest BCUT2D eigenvalue weighted by Crippen LogP contribution is 2.26. The molecular formula is C23H30FN3O2. The number of nitrogens with one attached hydrogen (secondary N) is 1. The van der Waals surface area contributed by atoms with E-state index in [0.29, 0.717) is 13.0 Å². The summed E-state index contributed by atoms with van der Waals surface area (Å²) in [5.41, 5.74) is 3.73. The monoisotopic (exact) mass is 399 g/mol. The summed E-state index contributed by atoms with van der Waals surface area (Å²) >= 11 is 0. The van der Waals surface area contributed by atoms with E-state index in [9.17, 15) is 14.0 Å². The Hall–Kier alpha value is -2.89. The highest BCUT2D eigenvalue weighted by Gasteiger charge is 2.18. The molecule has 156 valence electrons. The van der Waals surface area contributed by atoms with Crippen LogP contribution in [0.5, 0.6) is 0 Å². The topological polar surface area (TPSA) is 52.6 Å². The van der Waals surface area contributed by atoms with Crippen molar-refractivity contribution in [2.45, 2.75) is 34.1 Å². The first-order valence-electron chi connectivity index (χ1n) is 10.0. The van der Waals surface area contributed by atoms with Crippen LogP contribution >= 0.6 is 0 Å². The molecule has 0 fully saturated rings. The van der Waals surface area contributed by atoms with Crippen LogP contribution in [0, 0.1) is 12.7 Å². The van der Waals surface area contributed by atoms with Gasteiger partial charge in [-0.3, -0.25) is 9.59 Å². The smallest absolute Gasteiger partial charge is 0.240 e. The van der Waals surface area contributed by atoms with Crippen LogP contribution in [0.15, 0.2) is 42.5 Å². The van der Waals surface area contributed by atoms with Crippen LogP contribution in [-0.2, 0) is 16.0 Å². The molecule has 0 spiro atoms. The van der Waals surface area contributed by atoms with Crippen molar-refractivity contribution in [1.82, 2.24) is 5.32 Å². The van der Waals surface area contributed by atoms with Crippen LogP contribution in [0.4, 0.5) is 15.8 Å². The molecule has 29 heavy (non-hydrogen) atoms. The van der Waals surface area contributed by atoms with Gasteiger partial charge in [0.15, 0.2) is 0 Å². The van der Waals surface area contributed by atoms with Crippen molar-refractivity contribution < 1.29 is 14.0 Å². The summed E-state index contributed by atoms with van der Waals surface area (Å²) in [5.74, 6) is -0.691. The predicted octanol–water partition coefficient (Wildman–Crippen LogP) is 3.69. The zero-order valence-corrected chi connectivity index (χ0v) is 17.7. The molecule has 0 aliphatic rings. The van der Waals surface area contributed by atoms with Gasteiger partial charge in [0, 0.05) is 37.9 Å². The normalized spacial score (nSPS) is 10.5. The van der Waals surface area contributed by atoms with Crippen molar-refractivity contribution in [1.29, 1.82) is 0 Å². The van der Waals surface area contributed by atoms with E-state index in [-0.39, 0.29) is 24.2 Å². The fourth-order valence-corrected chi connectivity index (χ4v) is 3.29. The average molecular weight is 400 g/mol. The van der Waals surface area contributed by atoms with Crippen LogP contribution in [0.25, 0.3) is 0 Å². The molecule has 6 heteroatoms. The number of benzene rings is 2. The number of nitrogens with zero attached hydrogens (tertiary/aromatic N) is 2. The maximum atomic E-state index is 12.9. The third-order valence-electron chi connectivity index (χ3n) is 4.93. The molecule has 5 nitrogen and oxygen atoms in total. The van der Waals surface area contributed by atoms with E-state index in [1.54, 1.807) is 12.1 Å². The van der Waals surface area contributed by atoms with Gasteiger partial charge in [0.2, 0.25) is 11.8 Å². The maximum Gasteiger partial charge on any atom is 0.240 e. The highest BCUT2D eigenvalue weighted by atomic mass is 19.1. The molecule has 0 radical (unpaired) electrons. The number of amides is 2. The molecule has 0 aromatic heterocycles. The Bertz CT molecular complexity index is 833. The average Bonchev–Trinajstić information content (AvgIpc) is 2.69. The fourth-order valence-electron chi connectivity index (χ4n) is 3.29. The first-order chi connectivity index (χ1) is 13.8. The summed E-state index contributed by atoms with van der Waals surface area (Å²) in [4.78, 5) is 28.3. The number of halogens is 1. The second-order valence-corrected chi connectivity index (χ2v) is 6.97. The van der Waals surface area contributed by atoms with Gasteiger partial charge in [-0.2, -0.15) is 0 Å². The van der Waals surface area contributed by atoms with E-state index in [0.717, 1.165) is 35.6 Å². The summed E-state index contributed by atoms with van der Waals surface area (Å²) < 4.78 is 12.9. The Balaban J connectivity index is 2.01. The van der Waals surface area contributed by atoms with E-state index in [1.165, 1.54) is 24.0 Å². The van der Waals surface area contributed by atoms with E-state index in [4.69, 9.17) is 0 Å². The van der Waals surface area contributed by atoms with Crippen LogP contribution in [-0.4, -0.2) is 38.0 Å². The third-order valence-corrected chi connectivity index (χ3v) is 4.93. The van der Waals surface area contributed by atoms with Crippen molar-refractivity contribution in [2.24, 2.45) is 0 Å². The minimum Gasteiger partial charge on any atom is -0.372 e. The van der Waals surface area contributed by atoms with Gasteiger partial charge in [0.05, 0.1) is 0 Å². The first kappa shape index (κ1) is 22.4. The van der Waals surface area contributed by atoms with Gasteiger partial charge >= 0.3 is 0 Å². The lowest BCUT2D eigenvalue weighted by molar-refractivity contribution is -0.123. The highest BCUT2D eigenvalue weighted by molar-refractivity contribution is 5.98. The second-order valence-electron chi connectivity index (χ2n) is 6.97. The molecule has 0 saturated carbocycles. The quantitative estimate of drug-likeness (QED) is 0.700. The zero-order valence-electron chi connectivity index (χ0n) is 17.7. The van der Waals surface area contributed by atoms with Crippen molar-refractivity contribution in [2.75, 3.05) is 36.0 Å². The number of aryl methyl sites for hydroxylation is 1. The van der Waals surface area contributed by atoms with Gasteiger partial charge in [0.25, 0.3) is 0 Å². The van der Waals surface area contributed by atoms with Crippen molar-refractivity contribution in [3.05, 3.63) is 59.4 Å². The van der Waals surface area contributed by atoms with Crippen LogP contribution in [0.2, 0.25) is 0 Å². The molecule has 2 rings (SSSR count). The van der Waals surface area contributed by atoms with Crippen LogP contribution < -0.4 is 15.1 Å². The van der Waals surface area contributed by atoms with Gasteiger partial charge in [-0.1, -0.05) is 12.1 Å². The van der Waals surface area contributed by atoms with E-state index in [2.05, 4.69) is 24.1 Å². The summed E-state index contributed by atoms with van der Waals surface area (Å²) in [7, 11) is 0. The molecule has 2 amide bonds. The van der Waals surface area contributed by atoms with E-state index >= 15 is 0 Å². The largest absolute Gasteiger partial charge is 0.372 e. The maximum absolute atomic E-state index is 12.9. The van der Waals surface area contributed by atoms with Crippen LogP contribution in [0.3, 0.4) is 0 Å². The van der Waals surface area contributed by atoms with Gasteiger partial charge in [-0.15, -0.1) is 0 Å². The van der Waals surface area contributed by atoms with Crippen molar-refractivity contribution >= 4 is 23.2 Å². The minimum atomic E-state index is -0.280. The Labute approximate surface area is 172 Å². The molecule has 2 aromatic rings. The minimum absolute atomic E-state index is 0.0375. The van der Waals surface area contributed by atoms with Crippen molar-refractivity contribution in [3.8, 4) is 0 Å². The van der Waals surface area contributed by atoms with Gasteiger partial charge < -0.3 is 15.1 Å². The lowest BCUT2D eigenvalue weighted by Crippen LogP contribution is -2.40. The van der Waals surface area contributed by atoms with E-state index < -0.39 is 0 Å². The van der Waals surface area contributed by atoms with Gasteiger partial charge in [0.1, 0.15) is 12.4 Å². The Morgan fingerprint density at radius 2 is 1.69 bits per heavy atom. The number of hydrogen-bond donors (Lipinski definition) is 1. The number of anilines is 2. The first-order valence-corrected chi connectivity index (χ1v) is 10.0. The molecule has 2 aromatic carbocycles. The SMILES string of the molecule is CCN(CC)c1ccc(N(CC(=O)NCCc2ccc(F)cc2)C(C)=O)c(C)c1. The molecule has 0 bridgehead atoms. The van der Waals surface area contributed by atoms with E-state index in [1.807, 2.05) is 25.1 Å². The van der Waals surface area contributed by atoms with Crippen LogP contribution in [0.1, 0.15) is 31.9 Å². The predicted molar refractivity (Wildman–Crippen MR) is 116 cm³/mol. The molecule has 0 aliphatic carbocycles. The molecular weight excluding hydrogens is 369 g/mol. The van der Waals surface area contributed by atoms with Gasteiger partial charge in [-0.05, 0) is 68.7 Å². The summed E-state index contributed by atoms with van der Waals surface area (Å²) in [5, 5.41) is 2.83. The lowest BCUT2D eigenvalue weighted by Gasteiger charge is -2.26. The number of carbonyl (C=O) groups excluding carboxylic acids is 2. The summed E-state index contributed by atoms with van der Waals surface area (Å²) in [6.07, 6.45) is 0.601. The lowest BCUT2D eigenvalue weighted by atomic mass is 10.1. The molecule has 0 aliphatic heterocycles.